The van der Waals surface area contributed by atoms with Crippen molar-refractivity contribution in [1.82, 2.24) is 15.1 Å². The fourth-order valence-corrected chi connectivity index (χ4v) is 6.66. The van der Waals surface area contributed by atoms with E-state index in [1.54, 1.807) is 39.8 Å². The molecule has 38 heavy (non-hydrogen) atoms. The van der Waals surface area contributed by atoms with Crippen LogP contribution in [0.2, 0.25) is 5.02 Å². The second kappa shape index (κ2) is 10.5. The number of anilines is 1. The molecule has 0 radical (unpaired) electrons. The Balaban J connectivity index is 1.58. The Labute approximate surface area is 233 Å². The van der Waals surface area contributed by atoms with E-state index in [1.807, 2.05) is 53.9 Å². The summed E-state index contributed by atoms with van der Waals surface area (Å²) < 4.78 is 7.15. The van der Waals surface area contributed by atoms with Crippen molar-refractivity contribution in [3.63, 3.8) is 0 Å². The molecular weight excluding hydrogens is 540 g/mol. The van der Waals surface area contributed by atoms with Crippen molar-refractivity contribution >= 4 is 52.3 Å². The summed E-state index contributed by atoms with van der Waals surface area (Å²) in [4.78, 5) is 28.3. The number of thiophene rings is 1. The molecule has 4 aromatic rings. The first-order chi connectivity index (χ1) is 18.5. The van der Waals surface area contributed by atoms with Crippen LogP contribution in [-0.2, 0) is 9.59 Å². The van der Waals surface area contributed by atoms with E-state index in [1.165, 1.54) is 0 Å². The zero-order valence-corrected chi connectivity index (χ0v) is 23.0. The minimum atomic E-state index is -0.165. The van der Waals surface area contributed by atoms with Gasteiger partial charge in [0, 0.05) is 22.2 Å². The maximum Gasteiger partial charge on any atom is 0.240 e. The van der Waals surface area contributed by atoms with Gasteiger partial charge in [-0.25, -0.2) is 4.68 Å². The monoisotopic (exact) mass is 564 g/mol. The number of carbonyl (C=O) groups is 2. The normalized spacial score (nSPS) is 17.2. The van der Waals surface area contributed by atoms with E-state index < -0.39 is 0 Å². The van der Waals surface area contributed by atoms with Gasteiger partial charge < -0.3 is 10.1 Å². The molecule has 3 heterocycles. The Morgan fingerprint density at radius 2 is 1.89 bits per heavy atom. The van der Waals surface area contributed by atoms with Gasteiger partial charge in [-0.15, -0.1) is 11.8 Å². The standard InChI is InChI=1S/C28H25ClN4O3S2/c1-36-22-10-8-21(9-11-22)33-28-25(26(31-33)17-2-4-19(29)5-3-17)27(18-12-13-37-15-18)38-16-24(35)32(28)14-23(34)30-20-6-7-20/h2-5,8-13,15,20,27H,6-7,14,16H2,1H3,(H,30,34). The average molecular weight is 565 g/mol. The van der Waals surface area contributed by atoms with E-state index in [9.17, 15) is 9.59 Å². The predicted molar refractivity (Wildman–Crippen MR) is 153 cm³/mol. The van der Waals surface area contributed by atoms with Gasteiger partial charge in [0.15, 0.2) is 0 Å². The predicted octanol–water partition coefficient (Wildman–Crippen LogP) is 5.71. The molecule has 1 aliphatic carbocycles. The smallest absolute Gasteiger partial charge is 0.240 e. The summed E-state index contributed by atoms with van der Waals surface area (Å²) in [5, 5.41) is 12.8. The molecule has 1 fully saturated rings. The summed E-state index contributed by atoms with van der Waals surface area (Å²) in [6.45, 7) is -0.0683. The van der Waals surface area contributed by atoms with E-state index in [-0.39, 0.29) is 35.4 Å². The molecule has 7 nitrogen and oxygen atoms in total. The molecule has 6 rings (SSSR count). The number of nitrogens with zero attached hydrogens (tertiary/aromatic N) is 3. The quantitative estimate of drug-likeness (QED) is 0.311. The summed E-state index contributed by atoms with van der Waals surface area (Å²) >= 11 is 9.39. The summed E-state index contributed by atoms with van der Waals surface area (Å²) in [6.07, 6.45) is 1.96. The lowest BCUT2D eigenvalue weighted by atomic mass is 10.0. The van der Waals surface area contributed by atoms with Crippen LogP contribution in [0.5, 0.6) is 5.75 Å². The Morgan fingerprint density at radius 3 is 2.55 bits per heavy atom. The lowest BCUT2D eigenvalue weighted by molar-refractivity contribution is -0.123. The molecule has 194 valence electrons. The topological polar surface area (TPSA) is 76.5 Å². The lowest BCUT2D eigenvalue weighted by Gasteiger charge is -2.23. The highest BCUT2D eigenvalue weighted by Gasteiger charge is 2.38. The van der Waals surface area contributed by atoms with E-state index in [4.69, 9.17) is 21.4 Å². The third-order valence-electron chi connectivity index (χ3n) is 6.61. The van der Waals surface area contributed by atoms with E-state index in [0.29, 0.717) is 16.6 Å². The van der Waals surface area contributed by atoms with Crippen LogP contribution in [0.4, 0.5) is 5.82 Å². The summed E-state index contributed by atoms with van der Waals surface area (Å²) in [5.74, 6) is 1.28. The molecule has 1 aliphatic heterocycles. The van der Waals surface area contributed by atoms with Crippen LogP contribution < -0.4 is 15.0 Å². The number of benzene rings is 2. The molecule has 1 atom stereocenters. The number of thioether (sulfide) groups is 1. The second-order valence-corrected chi connectivity index (χ2v) is 11.6. The molecule has 2 aliphatic rings. The van der Waals surface area contributed by atoms with Crippen LogP contribution in [0.25, 0.3) is 16.9 Å². The van der Waals surface area contributed by atoms with Gasteiger partial charge in [-0.1, -0.05) is 23.7 Å². The molecule has 10 heteroatoms. The molecule has 2 aromatic heterocycles. The number of hydrogen-bond acceptors (Lipinski definition) is 6. The first-order valence-corrected chi connectivity index (χ1v) is 14.7. The molecule has 1 saturated carbocycles. The molecule has 1 N–H and O–H groups in total. The SMILES string of the molecule is COc1ccc(-n2nc(-c3ccc(Cl)cc3)c3c2N(CC(=O)NC2CC2)C(=O)CSC3c2ccsc2)cc1. The number of aromatic nitrogens is 2. The Bertz CT molecular complexity index is 1470. The average Bonchev–Trinajstić information content (AvgIpc) is 3.45. The van der Waals surface area contributed by atoms with Gasteiger partial charge in [0.25, 0.3) is 0 Å². The van der Waals surface area contributed by atoms with Gasteiger partial charge in [-0.05, 0) is 71.6 Å². The van der Waals surface area contributed by atoms with Gasteiger partial charge in [-0.2, -0.15) is 16.4 Å². The van der Waals surface area contributed by atoms with Crippen LogP contribution >= 0.6 is 34.7 Å². The number of amides is 2. The third-order valence-corrected chi connectivity index (χ3v) is 8.82. The molecule has 0 saturated heterocycles. The van der Waals surface area contributed by atoms with E-state index in [2.05, 4.69) is 16.8 Å². The van der Waals surface area contributed by atoms with Crippen molar-refractivity contribution in [1.29, 1.82) is 0 Å². The van der Waals surface area contributed by atoms with Crippen LogP contribution in [0.1, 0.15) is 29.2 Å². The van der Waals surface area contributed by atoms with Crippen molar-refractivity contribution in [3.05, 3.63) is 81.5 Å². The number of rotatable bonds is 7. The number of carbonyl (C=O) groups excluding carboxylic acids is 2. The third kappa shape index (κ3) is 4.93. The molecule has 1 unspecified atom stereocenters. The first-order valence-electron chi connectivity index (χ1n) is 12.3. The minimum Gasteiger partial charge on any atom is -0.497 e. The molecule has 2 amide bonds. The lowest BCUT2D eigenvalue weighted by Crippen LogP contribution is -2.43. The van der Waals surface area contributed by atoms with Crippen molar-refractivity contribution in [2.75, 3.05) is 24.3 Å². The van der Waals surface area contributed by atoms with Crippen LogP contribution in [0, 0.1) is 0 Å². The van der Waals surface area contributed by atoms with Gasteiger partial charge in [0.1, 0.15) is 18.1 Å². The number of fused-ring (bicyclic) bond motifs is 1. The highest BCUT2D eigenvalue weighted by molar-refractivity contribution is 8.00. The molecular formula is C28H25ClN4O3S2. The van der Waals surface area contributed by atoms with Gasteiger partial charge >= 0.3 is 0 Å². The Morgan fingerprint density at radius 1 is 1.13 bits per heavy atom. The number of methoxy groups -OCH3 is 1. The number of ether oxygens (including phenoxy) is 1. The molecule has 2 aromatic carbocycles. The number of hydrogen-bond donors (Lipinski definition) is 1. The fourth-order valence-electron chi connectivity index (χ4n) is 4.58. The minimum absolute atomic E-state index is 0.0683. The van der Waals surface area contributed by atoms with E-state index in [0.717, 1.165) is 40.9 Å². The second-order valence-electron chi connectivity index (χ2n) is 9.27. The van der Waals surface area contributed by atoms with Crippen LogP contribution in [-0.4, -0.2) is 47.0 Å². The highest BCUT2D eigenvalue weighted by Crippen LogP contribution is 2.49. The highest BCUT2D eigenvalue weighted by atomic mass is 35.5. The fraction of sp³-hybridized carbons (Fsp3) is 0.250. The van der Waals surface area contributed by atoms with E-state index >= 15 is 0 Å². The largest absolute Gasteiger partial charge is 0.497 e. The van der Waals surface area contributed by atoms with Crippen LogP contribution in [0.15, 0.2) is 65.4 Å². The first kappa shape index (κ1) is 25.0. The van der Waals surface area contributed by atoms with Crippen molar-refractivity contribution in [2.24, 2.45) is 0 Å². The van der Waals surface area contributed by atoms with Gasteiger partial charge in [0.2, 0.25) is 11.8 Å². The van der Waals surface area contributed by atoms with Crippen molar-refractivity contribution in [3.8, 4) is 22.7 Å². The number of halogens is 1. The maximum absolute atomic E-state index is 13.7. The Kier molecular flexibility index (Phi) is 6.90. The molecule has 0 bridgehead atoms. The Hall–Kier alpha value is -3.27. The summed E-state index contributed by atoms with van der Waals surface area (Å²) in [6, 6.07) is 17.4. The van der Waals surface area contributed by atoms with Gasteiger partial charge in [0.05, 0.1) is 29.5 Å². The van der Waals surface area contributed by atoms with Gasteiger partial charge in [-0.3, -0.25) is 14.5 Å². The van der Waals surface area contributed by atoms with Crippen LogP contribution in [0.3, 0.4) is 0 Å². The zero-order chi connectivity index (χ0) is 26.2. The van der Waals surface area contributed by atoms with Crippen molar-refractivity contribution < 1.29 is 14.3 Å². The zero-order valence-electron chi connectivity index (χ0n) is 20.6. The summed E-state index contributed by atoms with van der Waals surface area (Å²) in [7, 11) is 1.62. The van der Waals surface area contributed by atoms with Crippen molar-refractivity contribution in [2.45, 2.75) is 24.1 Å². The summed E-state index contributed by atoms with van der Waals surface area (Å²) in [5.41, 5.74) is 4.40. The maximum atomic E-state index is 13.7. The molecule has 0 spiro atoms. The number of nitrogens with one attached hydrogen (secondary N) is 1.